The lowest BCUT2D eigenvalue weighted by Crippen LogP contribution is -2.31. The van der Waals surface area contributed by atoms with E-state index in [2.05, 4.69) is 18.9 Å². The fraction of sp³-hybridized carbons (Fsp3) is 0.625. The highest BCUT2D eigenvalue weighted by molar-refractivity contribution is 5.55. The third-order valence-corrected chi connectivity index (χ3v) is 3.94. The first kappa shape index (κ1) is 15.9. The minimum atomic E-state index is 0.158. The summed E-state index contributed by atoms with van der Waals surface area (Å²) in [4.78, 5) is 2.30. The summed E-state index contributed by atoms with van der Waals surface area (Å²) in [7, 11) is 3.76. The number of benzene rings is 1. The molecule has 0 aliphatic carbocycles. The van der Waals surface area contributed by atoms with Gasteiger partial charge in [-0.3, -0.25) is 4.90 Å². The maximum atomic E-state index is 5.99. The van der Waals surface area contributed by atoms with Gasteiger partial charge in [-0.05, 0) is 37.7 Å². The zero-order valence-electron chi connectivity index (χ0n) is 13.2. The summed E-state index contributed by atoms with van der Waals surface area (Å²) in [5, 5.41) is 0. The van der Waals surface area contributed by atoms with Crippen LogP contribution in [-0.2, 0) is 0 Å². The van der Waals surface area contributed by atoms with Crippen LogP contribution in [0.25, 0.3) is 0 Å². The normalized spacial score (nSPS) is 14.5. The van der Waals surface area contributed by atoms with Crippen molar-refractivity contribution in [1.29, 1.82) is 0 Å². The average molecular weight is 294 g/mol. The highest BCUT2D eigenvalue weighted by Gasteiger charge is 2.24. The average Bonchev–Trinajstić information content (AvgIpc) is 2.96. The lowest BCUT2D eigenvalue weighted by Gasteiger charge is -2.27. The number of rotatable bonds is 8. The van der Waals surface area contributed by atoms with Crippen LogP contribution >= 0.6 is 0 Å². The molecule has 118 valence electrons. The predicted molar refractivity (Wildman–Crippen MR) is 83.1 cm³/mol. The highest BCUT2D eigenvalue weighted by Crippen LogP contribution is 2.43. The number of unbranched alkanes of at least 4 members (excludes halogenated alkanes) is 2. The van der Waals surface area contributed by atoms with Crippen molar-refractivity contribution in [3.8, 4) is 17.2 Å². The van der Waals surface area contributed by atoms with Crippen LogP contribution < -0.4 is 19.9 Å². The lowest BCUT2D eigenvalue weighted by molar-refractivity contribution is 0.171. The molecule has 2 N–H and O–H groups in total. The fourth-order valence-corrected chi connectivity index (χ4v) is 2.68. The van der Waals surface area contributed by atoms with Crippen LogP contribution in [0.2, 0.25) is 0 Å². The molecule has 0 radical (unpaired) electrons. The Morgan fingerprint density at radius 2 is 2.14 bits per heavy atom. The van der Waals surface area contributed by atoms with Crippen molar-refractivity contribution in [3.63, 3.8) is 0 Å². The van der Waals surface area contributed by atoms with Crippen molar-refractivity contribution in [1.82, 2.24) is 4.90 Å². The van der Waals surface area contributed by atoms with E-state index in [-0.39, 0.29) is 12.8 Å². The quantitative estimate of drug-likeness (QED) is 0.747. The second-order valence-corrected chi connectivity index (χ2v) is 5.40. The van der Waals surface area contributed by atoms with Crippen molar-refractivity contribution < 1.29 is 14.2 Å². The molecule has 5 heteroatoms. The van der Waals surface area contributed by atoms with Crippen LogP contribution in [-0.4, -0.2) is 38.9 Å². The Morgan fingerprint density at radius 3 is 2.81 bits per heavy atom. The first-order valence-electron chi connectivity index (χ1n) is 7.59. The van der Waals surface area contributed by atoms with Crippen LogP contribution in [0.4, 0.5) is 0 Å². The van der Waals surface area contributed by atoms with Gasteiger partial charge in [0.1, 0.15) is 0 Å². The maximum absolute atomic E-state index is 5.99. The van der Waals surface area contributed by atoms with E-state index >= 15 is 0 Å². The van der Waals surface area contributed by atoms with E-state index in [9.17, 15) is 0 Å². The molecule has 0 spiro atoms. The van der Waals surface area contributed by atoms with Crippen LogP contribution in [0.5, 0.6) is 17.2 Å². The monoisotopic (exact) mass is 294 g/mol. The second-order valence-electron chi connectivity index (χ2n) is 5.40. The predicted octanol–water partition coefficient (Wildman–Crippen LogP) is 2.55. The van der Waals surface area contributed by atoms with E-state index in [1.54, 1.807) is 7.11 Å². The molecule has 0 amide bonds. The fourth-order valence-electron chi connectivity index (χ4n) is 2.68. The number of nitrogens with zero attached hydrogens (tertiary/aromatic N) is 1. The molecule has 0 aromatic heterocycles. The molecule has 1 aromatic rings. The van der Waals surface area contributed by atoms with Gasteiger partial charge in [-0.1, -0.05) is 19.8 Å². The van der Waals surface area contributed by atoms with Crippen molar-refractivity contribution in [2.24, 2.45) is 5.73 Å². The Morgan fingerprint density at radius 1 is 1.33 bits per heavy atom. The summed E-state index contributed by atoms with van der Waals surface area (Å²) in [5.41, 5.74) is 7.10. The zero-order chi connectivity index (χ0) is 15.2. The van der Waals surface area contributed by atoms with Gasteiger partial charge >= 0.3 is 0 Å². The molecule has 1 aliphatic heterocycles. The Balaban J connectivity index is 2.18. The van der Waals surface area contributed by atoms with Crippen molar-refractivity contribution >= 4 is 0 Å². The molecule has 0 saturated carbocycles. The van der Waals surface area contributed by atoms with Gasteiger partial charge in [-0.25, -0.2) is 0 Å². The minimum Gasteiger partial charge on any atom is -0.493 e. The van der Waals surface area contributed by atoms with Gasteiger partial charge in [0.25, 0.3) is 0 Å². The second kappa shape index (κ2) is 7.52. The Kier molecular flexibility index (Phi) is 5.70. The van der Waals surface area contributed by atoms with Crippen LogP contribution in [0, 0.1) is 0 Å². The number of hydrogen-bond acceptors (Lipinski definition) is 5. The number of hydrogen-bond donors (Lipinski definition) is 1. The van der Waals surface area contributed by atoms with Crippen LogP contribution in [0.3, 0.4) is 0 Å². The molecule has 0 bridgehead atoms. The third kappa shape index (κ3) is 3.60. The minimum absolute atomic E-state index is 0.158. The molecule has 0 saturated heterocycles. The molecular weight excluding hydrogens is 268 g/mol. The SMILES string of the molecule is CCCCCN(C)C(CN)c1cc(OC)c2c(c1)OCO2. The van der Waals surface area contributed by atoms with Gasteiger partial charge in [0.15, 0.2) is 11.5 Å². The standard InChI is InChI=1S/C16H26N2O3/c1-4-5-6-7-18(2)13(10-17)12-8-14(19-3)16-15(9-12)20-11-21-16/h8-9,13H,4-7,10-11,17H2,1-3H3. The van der Waals surface area contributed by atoms with Crippen LogP contribution in [0.15, 0.2) is 12.1 Å². The first-order chi connectivity index (χ1) is 10.2. The molecule has 0 fully saturated rings. The molecule has 1 aliphatic rings. The summed E-state index contributed by atoms with van der Waals surface area (Å²) >= 11 is 0. The van der Waals surface area contributed by atoms with E-state index in [0.717, 1.165) is 17.9 Å². The van der Waals surface area contributed by atoms with Gasteiger partial charge in [0, 0.05) is 12.6 Å². The van der Waals surface area contributed by atoms with Crippen molar-refractivity contribution in [3.05, 3.63) is 17.7 Å². The topological polar surface area (TPSA) is 57.0 Å². The largest absolute Gasteiger partial charge is 0.493 e. The van der Waals surface area contributed by atoms with Gasteiger partial charge < -0.3 is 19.9 Å². The Hall–Kier alpha value is -1.46. The smallest absolute Gasteiger partial charge is 0.231 e. The molecule has 1 aromatic carbocycles. The molecule has 21 heavy (non-hydrogen) atoms. The number of methoxy groups -OCH3 is 1. The third-order valence-electron chi connectivity index (χ3n) is 3.94. The molecule has 2 rings (SSSR count). The number of likely N-dealkylation sites (N-methyl/N-ethyl adjacent to an activating group) is 1. The highest BCUT2D eigenvalue weighted by atomic mass is 16.7. The summed E-state index contributed by atoms with van der Waals surface area (Å²) in [6.07, 6.45) is 3.65. The molecular formula is C16H26N2O3. The Bertz CT molecular complexity index is 465. The maximum Gasteiger partial charge on any atom is 0.231 e. The summed E-state index contributed by atoms with van der Waals surface area (Å²) in [5.74, 6) is 2.14. The van der Waals surface area contributed by atoms with E-state index in [0.29, 0.717) is 18.0 Å². The molecule has 1 heterocycles. The summed E-state index contributed by atoms with van der Waals surface area (Å²) < 4.78 is 16.3. The summed E-state index contributed by atoms with van der Waals surface area (Å²) in [6.45, 7) is 4.05. The Labute approximate surface area is 127 Å². The van der Waals surface area contributed by atoms with Gasteiger partial charge in [-0.15, -0.1) is 0 Å². The number of fused-ring (bicyclic) bond motifs is 1. The molecule has 1 unspecified atom stereocenters. The molecule has 1 atom stereocenters. The first-order valence-corrected chi connectivity index (χ1v) is 7.59. The van der Waals surface area contributed by atoms with Crippen molar-refractivity contribution in [2.75, 3.05) is 34.0 Å². The van der Waals surface area contributed by atoms with E-state index in [1.807, 2.05) is 12.1 Å². The van der Waals surface area contributed by atoms with E-state index < -0.39 is 0 Å². The van der Waals surface area contributed by atoms with E-state index in [4.69, 9.17) is 19.9 Å². The van der Waals surface area contributed by atoms with Crippen LogP contribution in [0.1, 0.15) is 37.8 Å². The van der Waals surface area contributed by atoms with Gasteiger partial charge in [0.05, 0.1) is 7.11 Å². The summed E-state index contributed by atoms with van der Waals surface area (Å²) in [6, 6.07) is 4.17. The zero-order valence-corrected chi connectivity index (χ0v) is 13.2. The molecule has 5 nitrogen and oxygen atoms in total. The number of ether oxygens (including phenoxy) is 3. The number of nitrogens with two attached hydrogens (primary N) is 1. The lowest BCUT2D eigenvalue weighted by atomic mass is 10.0. The van der Waals surface area contributed by atoms with Gasteiger partial charge in [0.2, 0.25) is 12.5 Å². The van der Waals surface area contributed by atoms with Crippen molar-refractivity contribution in [2.45, 2.75) is 32.2 Å². The van der Waals surface area contributed by atoms with E-state index in [1.165, 1.54) is 19.3 Å². The van der Waals surface area contributed by atoms with Gasteiger partial charge in [-0.2, -0.15) is 0 Å².